The SMILES string of the molecule is CCCCCCCC1CCCC(CCCCCCC)C1=O. The largest absolute Gasteiger partial charge is 0.299 e. The van der Waals surface area contributed by atoms with E-state index in [0.717, 1.165) is 0 Å². The van der Waals surface area contributed by atoms with E-state index in [0.29, 0.717) is 17.6 Å². The van der Waals surface area contributed by atoms with Crippen molar-refractivity contribution in [1.29, 1.82) is 0 Å². The lowest BCUT2D eigenvalue weighted by Crippen LogP contribution is -2.28. The summed E-state index contributed by atoms with van der Waals surface area (Å²) in [4.78, 5) is 12.6. The molecule has 2 atom stereocenters. The molecular weight excluding hydrogens is 256 g/mol. The molecule has 1 nitrogen and oxygen atoms in total. The van der Waals surface area contributed by atoms with Gasteiger partial charge in [0.2, 0.25) is 0 Å². The van der Waals surface area contributed by atoms with Crippen LogP contribution in [0.25, 0.3) is 0 Å². The minimum atomic E-state index is 0.418. The average molecular weight is 295 g/mol. The molecule has 1 aliphatic carbocycles. The quantitative estimate of drug-likeness (QED) is 0.366. The van der Waals surface area contributed by atoms with Crippen molar-refractivity contribution in [3.05, 3.63) is 0 Å². The van der Waals surface area contributed by atoms with Crippen LogP contribution in [0.15, 0.2) is 0 Å². The molecule has 21 heavy (non-hydrogen) atoms. The molecule has 0 spiro atoms. The van der Waals surface area contributed by atoms with Gasteiger partial charge >= 0.3 is 0 Å². The molecule has 0 N–H and O–H groups in total. The Labute approximate surface area is 133 Å². The van der Waals surface area contributed by atoms with Crippen molar-refractivity contribution in [2.75, 3.05) is 0 Å². The number of ketones is 1. The number of Topliss-reactive ketones (excluding diaryl/α,β-unsaturated/α-hetero) is 1. The number of hydrogen-bond acceptors (Lipinski definition) is 1. The number of hydrogen-bond donors (Lipinski definition) is 0. The summed E-state index contributed by atoms with van der Waals surface area (Å²) < 4.78 is 0. The molecule has 2 unspecified atom stereocenters. The van der Waals surface area contributed by atoms with Crippen LogP contribution in [0.1, 0.15) is 110 Å². The Bertz CT molecular complexity index is 235. The van der Waals surface area contributed by atoms with Gasteiger partial charge in [-0.25, -0.2) is 0 Å². The molecule has 0 aromatic carbocycles. The summed E-state index contributed by atoms with van der Waals surface area (Å²) in [5, 5.41) is 0. The topological polar surface area (TPSA) is 17.1 Å². The zero-order valence-electron chi connectivity index (χ0n) is 14.7. The van der Waals surface area contributed by atoms with Gasteiger partial charge in [0.15, 0.2) is 0 Å². The summed E-state index contributed by atoms with van der Waals surface area (Å²) in [7, 11) is 0. The fraction of sp³-hybridized carbons (Fsp3) is 0.950. The number of rotatable bonds is 12. The molecule has 124 valence electrons. The van der Waals surface area contributed by atoms with Gasteiger partial charge in [0.05, 0.1) is 0 Å². The first-order valence-corrected chi connectivity index (χ1v) is 9.83. The first-order valence-electron chi connectivity index (χ1n) is 9.83. The van der Waals surface area contributed by atoms with Crippen molar-refractivity contribution in [1.82, 2.24) is 0 Å². The Kier molecular flexibility index (Phi) is 10.9. The van der Waals surface area contributed by atoms with Gasteiger partial charge < -0.3 is 0 Å². The fourth-order valence-corrected chi connectivity index (χ4v) is 3.79. The van der Waals surface area contributed by atoms with Crippen LogP contribution in [-0.4, -0.2) is 5.78 Å². The van der Waals surface area contributed by atoms with Crippen LogP contribution in [0.2, 0.25) is 0 Å². The number of unbranched alkanes of at least 4 members (excludes halogenated alkanes) is 8. The van der Waals surface area contributed by atoms with Crippen molar-refractivity contribution in [2.45, 2.75) is 110 Å². The van der Waals surface area contributed by atoms with Gasteiger partial charge in [0.1, 0.15) is 5.78 Å². The molecule has 0 aliphatic heterocycles. The smallest absolute Gasteiger partial charge is 0.139 e. The zero-order chi connectivity index (χ0) is 15.3. The second-order valence-corrected chi connectivity index (χ2v) is 7.13. The third-order valence-electron chi connectivity index (χ3n) is 5.22. The van der Waals surface area contributed by atoms with Crippen molar-refractivity contribution < 1.29 is 4.79 Å². The Balaban J connectivity index is 2.16. The van der Waals surface area contributed by atoms with E-state index >= 15 is 0 Å². The van der Waals surface area contributed by atoms with Crippen LogP contribution < -0.4 is 0 Å². The molecule has 0 aromatic heterocycles. The third kappa shape index (κ3) is 8.02. The molecule has 0 aromatic rings. The maximum absolute atomic E-state index is 12.6. The van der Waals surface area contributed by atoms with Crippen LogP contribution >= 0.6 is 0 Å². The van der Waals surface area contributed by atoms with Gasteiger partial charge in [0.25, 0.3) is 0 Å². The highest BCUT2D eigenvalue weighted by Crippen LogP contribution is 2.32. The molecular formula is C20H38O. The van der Waals surface area contributed by atoms with Crippen LogP contribution in [0, 0.1) is 11.8 Å². The Morgan fingerprint density at radius 1 is 0.714 bits per heavy atom. The van der Waals surface area contributed by atoms with E-state index in [4.69, 9.17) is 0 Å². The highest BCUT2D eigenvalue weighted by atomic mass is 16.1. The minimum absolute atomic E-state index is 0.418. The molecule has 0 heterocycles. The van der Waals surface area contributed by atoms with Crippen LogP contribution in [-0.2, 0) is 4.79 Å². The minimum Gasteiger partial charge on any atom is -0.299 e. The van der Waals surface area contributed by atoms with Gasteiger partial charge in [-0.1, -0.05) is 84.5 Å². The molecule has 1 heteroatoms. The van der Waals surface area contributed by atoms with E-state index in [9.17, 15) is 4.79 Å². The second-order valence-electron chi connectivity index (χ2n) is 7.13. The standard InChI is InChI=1S/C20H38O/c1-3-5-7-9-11-14-18-16-13-17-19(20(18)21)15-12-10-8-6-4-2/h18-19H,3-17H2,1-2H3. The molecule has 0 amide bonds. The molecule has 0 saturated heterocycles. The van der Waals surface area contributed by atoms with E-state index in [-0.39, 0.29) is 0 Å². The first kappa shape index (κ1) is 18.7. The number of carbonyl (C=O) groups is 1. The molecule has 0 bridgehead atoms. The highest BCUT2D eigenvalue weighted by molar-refractivity contribution is 5.84. The first-order chi connectivity index (χ1) is 10.3. The summed E-state index contributed by atoms with van der Waals surface area (Å²) >= 11 is 0. The molecule has 0 radical (unpaired) electrons. The Hall–Kier alpha value is -0.330. The van der Waals surface area contributed by atoms with Crippen LogP contribution in [0.5, 0.6) is 0 Å². The predicted molar refractivity (Wildman–Crippen MR) is 92.6 cm³/mol. The average Bonchev–Trinajstić information content (AvgIpc) is 2.50. The Morgan fingerprint density at radius 3 is 1.57 bits per heavy atom. The van der Waals surface area contributed by atoms with Gasteiger partial charge in [-0.3, -0.25) is 4.79 Å². The summed E-state index contributed by atoms with van der Waals surface area (Å²) in [5.41, 5.74) is 0. The lowest BCUT2D eigenvalue weighted by molar-refractivity contribution is -0.129. The second kappa shape index (κ2) is 12.2. The fourth-order valence-electron chi connectivity index (χ4n) is 3.79. The van der Waals surface area contributed by atoms with E-state index < -0.39 is 0 Å². The normalized spacial score (nSPS) is 22.7. The van der Waals surface area contributed by atoms with Gasteiger partial charge in [-0.15, -0.1) is 0 Å². The van der Waals surface area contributed by atoms with Gasteiger partial charge in [0, 0.05) is 11.8 Å². The summed E-state index contributed by atoms with van der Waals surface area (Å²) in [5.74, 6) is 1.47. The number of carbonyl (C=O) groups excluding carboxylic acids is 1. The van der Waals surface area contributed by atoms with E-state index in [1.807, 2.05) is 0 Å². The lowest BCUT2D eigenvalue weighted by atomic mass is 9.76. The highest BCUT2D eigenvalue weighted by Gasteiger charge is 2.29. The lowest BCUT2D eigenvalue weighted by Gasteiger charge is -2.28. The van der Waals surface area contributed by atoms with Gasteiger partial charge in [-0.2, -0.15) is 0 Å². The van der Waals surface area contributed by atoms with Crippen molar-refractivity contribution in [3.8, 4) is 0 Å². The van der Waals surface area contributed by atoms with Crippen LogP contribution in [0.3, 0.4) is 0 Å². The molecule has 1 aliphatic rings. The molecule has 1 saturated carbocycles. The van der Waals surface area contributed by atoms with Gasteiger partial charge in [-0.05, 0) is 25.7 Å². The Morgan fingerprint density at radius 2 is 1.14 bits per heavy atom. The summed E-state index contributed by atoms with van der Waals surface area (Å²) in [6.45, 7) is 4.52. The van der Waals surface area contributed by atoms with Crippen molar-refractivity contribution in [3.63, 3.8) is 0 Å². The van der Waals surface area contributed by atoms with Crippen molar-refractivity contribution in [2.24, 2.45) is 11.8 Å². The van der Waals surface area contributed by atoms with Crippen molar-refractivity contribution >= 4 is 5.78 Å². The van der Waals surface area contributed by atoms with E-state index in [1.54, 1.807) is 0 Å². The predicted octanol–water partition coefficient (Wildman–Crippen LogP) is 6.69. The summed E-state index contributed by atoms with van der Waals surface area (Å²) in [6.07, 6.45) is 19.3. The van der Waals surface area contributed by atoms with E-state index in [2.05, 4.69) is 13.8 Å². The molecule has 1 fully saturated rings. The van der Waals surface area contributed by atoms with Crippen LogP contribution in [0.4, 0.5) is 0 Å². The maximum atomic E-state index is 12.6. The monoisotopic (exact) mass is 294 g/mol. The summed E-state index contributed by atoms with van der Waals surface area (Å²) in [6, 6.07) is 0. The molecule has 1 rings (SSSR count). The maximum Gasteiger partial charge on any atom is 0.139 e. The van der Waals surface area contributed by atoms with E-state index in [1.165, 1.54) is 96.3 Å². The third-order valence-corrected chi connectivity index (χ3v) is 5.22. The zero-order valence-corrected chi connectivity index (χ0v) is 14.7.